The Bertz CT molecular complexity index is 831. The molecule has 0 saturated heterocycles. The van der Waals surface area contributed by atoms with Crippen molar-refractivity contribution in [3.05, 3.63) is 59.7 Å². The zero-order valence-corrected chi connectivity index (χ0v) is 16.5. The Balaban J connectivity index is 1.69. The number of carbonyl (C=O) groups excluding carboxylic acids is 1. The molecule has 0 unspecified atom stereocenters. The summed E-state index contributed by atoms with van der Waals surface area (Å²) in [4.78, 5) is 12.1. The molecule has 0 fully saturated rings. The molecule has 0 radical (unpaired) electrons. The van der Waals surface area contributed by atoms with Gasteiger partial charge in [-0.2, -0.15) is 0 Å². The molecule has 0 aliphatic heterocycles. The second-order valence-corrected chi connectivity index (χ2v) is 7.90. The number of carbonyl (C=O) groups is 1. The minimum absolute atomic E-state index is 0.113. The van der Waals surface area contributed by atoms with Gasteiger partial charge < -0.3 is 10.1 Å². The number of rotatable bonds is 10. The van der Waals surface area contributed by atoms with Crippen molar-refractivity contribution in [2.75, 3.05) is 19.7 Å². The van der Waals surface area contributed by atoms with Crippen molar-refractivity contribution >= 4 is 15.9 Å². The Morgan fingerprint density at radius 2 is 1.67 bits per heavy atom. The molecule has 6 nitrogen and oxygen atoms in total. The van der Waals surface area contributed by atoms with Gasteiger partial charge in [0.1, 0.15) is 5.75 Å². The van der Waals surface area contributed by atoms with Gasteiger partial charge in [-0.3, -0.25) is 4.79 Å². The molecule has 0 aliphatic carbocycles. The number of sulfonamides is 1. The molecule has 0 spiro atoms. The molecule has 2 aromatic carbocycles. The minimum Gasteiger partial charge on any atom is -0.494 e. The first-order chi connectivity index (χ1) is 12.9. The van der Waals surface area contributed by atoms with Gasteiger partial charge in [0.2, 0.25) is 15.9 Å². The van der Waals surface area contributed by atoms with Crippen molar-refractivity contribution in [2.24, 2.45) is 0 Å². The van der Waals surface area contributed by atoms with Gasteiger partial charge >= 0.3 is 0 Å². The molecule has 0 aromatic heterocycles. The van der Waals surface area contributed by atoms with E-state index in [-0.39, 0.29) is 23.9 Å². The van der Waals surface area contributed by atoms with E-state index in [1.54, 1.807) is 24.3 Å². The first-order valence-corrected chi connectivity index (χ1v) is 10.4. The van der Waals surface area contributed by atoms with Gasteiger partial charge in [0.25, 0.3) is 0 Å². The molecule has 2 aromatic rings. The first kappa shape index (κ1) is 20.9. The number of nitrogens with one attached hydrogen (secondary N) is 2. The van der Waals surface area contributed by atoms with Crippen molar-refractivity contribution in [1.29, 1.82) is 0 Å². The van der Waals surface area contributed by atoms with Gasteiger partial charge in [-0.15, -0.1) is 0 Å². The summed E-state index contributed by atoms with van der Waals surface area (Å²) in [5.41, 5.74) is 2.04. The summed E-state index contributed by atoms with van der Waals surface area (Å²) >= 11 is 0. The zero-order chi connectivity index (χ0) is 19.7. The Kier molecular flexibility index (Phi) is 7.82. The van der Waals surface area contributed by atoms with E-state index in [4.69, 9.17) is 4.74 Å². The highest BCUT2D eigenvalue weighted by molar-refractivity contribution is 7.89. The minimum atomic E-state index is -3.55. The third kappa shape index (κ3) is 7.03. The predicted molar refractivity (Wildman–Crippen MR) is 105 cm³/mol. The van der Waals surface area contributed by atoms with Crippen molar-refractivity contribution in [3.8, 4) is 5.75 Å². The number of benzene rings is 2. The number of hydrogen-bond acceptors (Lipinski definition) is 4. The molecule has 0 heterocycles. The lowest BCUT2D eigenvalue weighted by molar-refractivity contribution is -0.121. The van der Waals surface area contributed by atoms with Crippen LogP contribution in [0.25, 0.3) is 0 Å². The summed E-state index contributed by atoms with van der Waals surface area (Å²) in [6, 6.07) is 14.3. The van der Waals surface area contributed by atoms with Crippen LogP contribution in [-0.2, 0) is 21.2 Å². The summed E-state index contributed by atoms with van der Waals surface area (Å²) in [6.45, 7) is 4.83. The third-order valence-corrected chi connectivity index (χ3v) is 5.42. The van der Waals surface area contributed by atoms with E-state index >= 15 is 0 Å². The molecule has 0 bridgehead atoms. The topological polar surface area (TPSA) is 84.5 Å². The maximum absolute atomic E-state index is 12.1. The Morgan fingerprint density at radius 1 is 1.00 bits per heavy atom. The first-order valence-electron chi connectivity index (χ1n) is 8.95. The zero-order valence-electron chi connectivity index (χ0n) is 15.7. The molecule has 7 heteroatoms. The highest BCUT2D eigenvalue weighted by Crippen LogP contribution is 2.13. The fourth-order valence-corrected chi connectivity index (χ4v) is 3.49. The molecule has 146 valence electrons. The molecule has 1 amide bonds. The van der Waals surface area contributed by atoms with Crippen molar-refractivity contribution < 1.29 is 17.9 Å². The Hall–Kier alpha value is -2.38. The summed E-state index contributed by atoms with van der Waals surface area (Å²) in [5, 5.41) is 2.73. The van der Waals surface area contributed by atoms with Crippen molar-refractivity contribution in [3.63, 3.8) is 0 Å². The van der Waals surface area contributed by atoms with Crippen LogP contribution in [0.4, 0.5) is 0 Å². The molecule has 0 saturated carbocycles. The quantitative estimate of drug-likeness (QED) is 0.610. The maximum atomic E-state index is 12.1. The van der Waals surface area contributed by atoms with Crippen LogP contribution < -0.4 is 14.8 Å². The van der Waals surface area contributed by atoms with E-state index in [0.29, 0.717) is 19.4 Å². The maximum Gasteiger partial charge on any atom is 0.240 e. The number of ether oxygens (including phenoxy) is 1. The lowest BCUT2D eigenvalue weighted by Gasteiger charge is -2.09. The highest BCUT2D eigenvalue weighted by atomic mass is 32.2. The molecular weight excluding hydrogens is 364 g/mol. The van der Waals surface area contributed by atoms with Crippen LogP contribution in [0.1, 0.15) is 24.5 Å². The van der Waals surface area contributed by atoms with Gasteiger partial charge in [-0.1, -0.05) is 29.8 Å². The lowest BCUT2D eigenvalue weighted by atomic mass is 10.1. The molecule has 27 heavy (non-hydrogen) atoms. The van der Waals surface area contributed by atoms with E-state index in [2.05, 4.69) is 10.0 Å². The van der Waals surface area contributed by atoms with Crippen LogP contribution in [0.15, 0.2) is 53.4 Å². The third-order valence-electron chi connectivity index (χ3n) is 3.95. The SMILES string of the molecule is CCOc1ccc(CCC(=O)NCCNS(=O)(=O)c2ccc(C)cc2)cc1. The summed E-state index contributed by atoms with van der Waals surface area (Å²) in [6.07, 6.45) is 0.964. The van der Waals surface area contributed by atoms with Gasteiger partial charge in [-0.25, -0.2) is 13.1 Å². The predicted octanol–water partition coefficient (Wildman–Crippen LogP) is 2.42. The van der Waals surface area contributed by atoms with Gasteiger partial charge in [0, 0.05) is 19.5 Å². The average molecular weight is 391 g/mol. The van der Waals surface area contributed by atoms with Crippen LogP contribution in [0.3, 0.4) is 0 Å². The summed E-state index contributed by atoms with van der Waals surface area (Å²) < 4.78 is 32.1. The normalized spacial score (nSPS) is 11.2. The largest absolute Gasteiger partial charge is 0.494 e. The Morgan fingerprint density at radius 3 is 2.30 bits per heavy atom. The van der Waals surface area contributed by atoms with Crippen LogP contribution in [-0.4, -0.2) is 34.0 Å². The molecule has 2 N–H and O–H groups in total. The van der Waals surface area contributed by atoms with Gasteiger partial charge in [-0.05, 0) is 50.1 Å². The van der Waals surface area contributed by atoms with E-state index in [1.165, 1.54) is 0 Å². The number of hydrogen-bond donors (Lipinski definition) is 2. The van der Waals surface area contributed by atoms with E-state index in [1.807, 2.05) is 38.1 Å². The van der Waals surface area contributed by atoms with E-state index in [0.717, 1.165) is 16.9 Å². The molecular formula is C20H26N2O4S. The second kappa shape index (κ2) is 10.1. The number of aryl methyl sites for hydroxylation is 2. The van der Waals surface area contributed by atoms with Crippen molar-refractivity contribution in [1.82, 2.24) is 10.0 Å². The molecule has 0 aliphatic rings. The number of amides is 1. The smallest absolute Gasteiger partial charge is 0.240 e. The Labute approximate surface area is 161 Å². The van der Waals surface area contributed by atoms with Crippen molar-refractivity contribution in [2.45, 2.75) is 31.6 Å². The van der Waals surface area contributed by atoms with E-state index in [9.17, 15) is 13.2 Å². The fraction of sp³-hybridized carbons (Fsp3) is 0.350. The highest BCUT2D eigenvalue weighted by Gasteiger charge is 2.12. The molecule has 0 atom stereocenters. The summed E-state index contributed by atoms with van der Waals surface area (Å²) in [5.74, 6) is 0.699. The van der Waals surface area contributed by atoms with Gasteiger partial charge in [0.15, 0.2) is 0 Å². The second-order valence-electron chi connectivity index (χ2n) is 6.14. The van der Waals surface area contributed by atoms with Crippen LogP contribution >= 0.6 is 0 Å². The van der Waals surface area contributed by atoms with E-state index < -0.39 is 10.0 Å². The monoisotopic (exact) mass is 390 g/mol. The van der Waals surface area contributed by atoms with Crippen LogP contribution in [0.2, 0.25) is 0 Å². The van der Waals surface area contributed by atoms with Gasteiger partial charge in [0.05, 0.1) is 11.5 Å². The lowest BCUT2D eigenvalue weighted by Crippen LogP contribution is -2.34. The standard InChI is InChI=1S/C20H26N2O4S/c1-3-26-18-9-6-17(7-10-18)8-13-20(23)21-14-15-22-27(24,25)19-11-4-16(2)5-12-19/h4-7,9-12,22H,3,8,13-15H2,1-2H3,(H,21,23). The van der Waals surface area contributed by atoms with Crippen LogP contribution in [0.5, 0.6) is 5.75 Å². The summed E-state index contributed by atoms with van der Waals surface area (Å²) in [7, 11) is -3.55. The fourth-order valence-electron chi connectivity index (χ4n) is 2.45. The van der Waals surface area contributed by atoms with Crippen LogP contribution in [0, 0.1) is 6.92 Å². The average Bonchev–Trinajstić information content (AvgIpc) is 2.65. The molecule has 2 rings (SSSR count).